The molecule has 1 aliphatic rings. The van der Waals surface area contributed by atoms with Crippen LogP contribution in [-0.4, -0.2) is 15.0 Å². The molecule has 3 heterocycles. The molecule has 0 amide bonds. The van der Waals surface area contributed by atoms with E-state index in [9.17, 15) is 0 Å². The molecule has 0 bridgehead atoms. The molecular formula is C114H76N4. The van der Waals surface area contributed by atoms with Gasteiger partial charge < -0.3 is 5.32 Å². The molecular weight excluding hydrogens is 1430 g/mol. The molecule has 118 heavy (non-hydrogen) atoms. The van der Waals surface area contributed by atoms with E-state index in [1.165, 1.54) is 174 Å². The molecule has 23 rings (SSSR count). The Balaban J connectivity index is 0.000000111. The molecule has 20 aromatic carbocycles. The Hall–Kier alpha value is -15.5. The topological polar surface area (TPSA) is 50.7 Å². The summed E-state index contributed by atoms with van der Waals surface area (Å²) in [7, 11) is 0. The van der Waals surface area contributed by atoms with Crippen molar-refractivity contribution in [2.75, 3.05) is 0 Å². The minimum Gasteiger partial charge on any atom is -0.381 e. The van der Waals surface area contributed by atoms with Crippen LogP contribution >= 0.6 is 0 Å². The minimum absolute atomic E-state index is 0.148. The molecule has 2 aromatic heterocycles. The van der Waals surface area contributed by atoms with Gasteiger partial charge in [-0.25, -0.2) is 9.97 Å². The van der Waals surface area contributed by atoms with Crippen LogP contribution in [0.4, 0.5) is 0 Å². The molecule has 552 valence electrons. The monoisotopic (exact) mass is 1500 g/mol. The number of nitrogens with zero attached hydrogens (tertiary/aromatic N) is 3. The lowest BCUT2D eigenvalue weighted by Gasteiger charge is -2.18. The summed E-state index contributed by atoms with van der Waals surface area (Å²) in [5.74, 6) is 0.709. The van der Waals surface area contributed by atoms with Gasteiger partial charge in [-0.2, -0.15) is 0 Å². The van der Waals surface area contributed by atoms with E-state index in [0.29, 0.717) is 5.82 Å². The maximum atomic E-state index is 5.29. The van der Waals surface area contributed by atoms with Crippen LogP contribution in [0.15, 0.2) is 449 Å². The largest absolute Gasteiger partial charge is 0.381 e. The third-order valence-corrected chi connectivity index (χ3v) is 23.5. The van der Waals surface area contributed by atoms with Gasteiger partial charge in [0.15, 0.2) is 5.82 Å². The second-order valence-electron chi connectivity index (χ2n) is 30.4. The minimum atomic E-state index is 0.148. The Morgan fingerprint density at radius 3 is 1.08 bits per heavy atom. The van der Waals surface area contributed by atoms with Crippen LogP contribution in [0, 0.1) is 0 Å². The van der Waals surface area contributed by atoms with Crippen LogP contribution in [-0.2, 0) is 0 Å². The van der Waals surface area contributed by atoms with Crippen molar-refractivity contribution in [1.82, 2.24) is 20.3 Å². The zero-order valence-corrected chi connectivity index (χ0v) is 64.6. The third kappa shape index (κ3) is 13.1. The Labute approximate surface area is 685 Å². The highest BCUT2D eigenvalue weighted by Gasteiger charge is 2.22. The number of hydrogen-bond acceptors (Lipinski definition) is 4. The van der Waals surface area contributed by atoms with E-state index in [4.69, 9.17) is 9.97 Å². The van der Waals surface area contributed by atoms with Gasteiger partial charge in [0.1, 0.15) is 0 Å². The molecule has 1 atom stereocenters. The van der Waals surface area contributed by atoms with Crippen molar-refractivity contribution >= 4 is 108 Å². The van der Waals surface area contributed by atoms with Gasteiger partial charge in [0.25, 0.3) is 0 Å². The predicted molar refractivity (Wildman–Crippen MR) is 501 cm³/mol. The number of rotatable bonds is 10. The summed E-state index contributed by atoms with van der Waals surface area (Å²) in [5, 5.41) is 28.4. The molecule has 0 radical (unpaired) electrons. The quantitative estimate of drug-likeness (QED) is 0.110. The molecule has 0 saturated carbocycles. The fourth-order valence-corrected chi connectivity index (χ4v) is 18.0. The van der Waals surface area contributed by atoms with Crippen LogP contribution < -0.4 is 5.32 Å². The van der Waals surface area contributed by atoms with Gasteiger partial charge in [0, 0.05) is 29.1 Å². The van der Waals surface area contributed by atoms with E-state index < -0.39 is 0 Å². The van der Waals surface area contributed by atoms with Crippen LogP contribution in [0.3, 0.4) is 0 Å². The van der Waals surface area contributed by atoms with Gasteiger partial charge in [0.05, 0.1) is 17.4 Å². The number of hydrogen-bond donors (Lipinski definition) is 1. The average Bonchev–Trinajstić information content (AvgIpc) is 0.732. The Bertz CT molecular complexity index is 7420. The number of benzene rings is 20. The molecule has 0 spiro atoms. The van der Waals surface area contributed by atoms with Crippen molar-refractivity contribution < 1.29 is 0 Å². The number of dihydropyridines is 1. The summed E-state index contributed by atoms with van der Waals surface area (Å²) in [4.78, 5) is 14.9. The molecule has 4 heteroatoms. The highest BCUT2D eigenvalue weighted by Crippen LogP contribution is 2.48. The van der Waals surface area contributed by atoms with E-state index in [0.717, 1.165) is 33.6 Å². The van der Waals surface area contributed by atoms with Crippen molar-refractivity contribution in [3.8, 4) is 101 Å². The van der Waals surface area contributed by atoms with Crippen molar-refractivity contribution in [1.29, 1.82) is 0 Å². The molecule has 0 fully saturated rings. The molecule has 0 saturated heterocycles. The Morgan fingerprint density at radius 2 is 0.593 bits per heavy atom. The average molecular weight is 1500 g/mol. The normalized spacial score (nSPS) is 12.5. The van der Waals surface area contributed by atoms with Crippen LogP contribution in [0.5, 0.6) is 0 Å². The van der Waals surface area contributed by atoms with E-state index in [1.54, 1.807) is 0 Å². The highest BCUT2D eigenvalue weighted by molar-refractivity contribution is 6.24. The summed E-state index contributed by atoms with van der Waals surface area (Å²) in [6, 6.07) is 149. The lowest BCUT2D eigenvalue weighted by molar-refractivity contribution is 0.746. The second-order valence-corrected chi connectivity index (χ2v) is 30.4. The van der Waals surface area contributed by atoms with E-state index in [-0.39, 0.29) is 6.04 Å². The zero-order valence-electron chi connectivity index (χ0n) is 64.6. The standard InChI is InChI=1S/C43H29N3.C36H24.C35H23N/c1-3-13-32-30(11-1)25-38(36-17-7-5-15-34(32)36)41-27-42(39-26-31-12-2-4-14-33(31)35-16-6-8-18-37(35)39)46-43(45-41)29-22-20-28(21-23-29)40-19-9-10-24-44-40;1-2-12-27(13-3-1)35-31-16-6-8-18-33(31)36(34-19-9-7-17-32(34)35)28-23-21-26(22-24-28)30-20-10-14-25-11-4-5-15-29(25)30;1-2-9-27-22-28(20-17-24(27)8-1)35-32-13-5-3-11-30(32)34(31-12-4-6-14-33(31)35)26-18-15-25(16-19-26)29-10-7-21-36-23-29/h1-27,40,44H;1-24H;1-23H. The first-order valence-electron chi connectivity index (χ1n) is 40.5. The first kappa shape index (κ1) is 70.4. The molecule has 1 unspecified atom stereocenters. The fourth-order valence-electron chi connectivity index (χ4n) is 18.0. The Morgan fingerprint density at radius 1 is 0.212 bits per heavy atom. The smallest absolute Gasteiger partial charge is 0.160 e. The number of fused-ring (bicyclic) bond motifs is 12. The lowest BCUT2D eigenvalue weighted by Crippen LogP contribution is -2.14. The lowest BCUT2D eigenvalue weighted by atomic mass is 9.85. The molecule has 1 N–H and O–H groups in total. The van der Waals surface area contributed by atoms with Gasteiger partial charge in [-0.3, -0.25) is 4.98 Å². The van der Waals surface area contributed by atoms with E-state index in [1.807, 2.05) is 30.7 Å². The molecule has 1 aliphatic heterocycles. The zero-order chi connectivity index (χ0) is 78.2. The van der Waals surface area contributed by atoms with Crippen molar-refractivity contribution in [2.45, 2.75) is 6.04 Å². The summed E-state index contributed by atoms with van der Waals surface area (Å²) in [6.45, 7) is 0. The molecule has 4 nitrogen and oxygen atoms in total. The van der Waals surface area contributed by atoms with Crippen LogP contribution in [0.25, 0.3) is 208 Å². The summed E-state index contributed by atoms with van der Waals surface area (Å²) >= 11 is 0. The molecule has 22 aromatic rings. The van der Waals surface area contributed by atoms with Crippen molar-refractivity contribution in [3.63, 3.8) is 0 Å². The first-order chi connectivity index (χ1) is 58.5. The SMILES string of the molecule is C1=CNC(c2ccc(-c3nc(-c4cc5ccccc5c5ccccc45)cc(-c4cc5ccccc5c5ccccc45)n3)cc2)C=C1.c1ccc(-c2c3ccccc3c(-c3ccc(-c4cccc5ccccc45)cc3)c3ccccc23)cc1.c1cncc(-c2ccc(-c3c4ccccc4c(-c4ccc5ccccc5c4)c4ccccc34)cc2)c1. The summed E-state index contributed by atoms with van der Waals surface area (Å²) in [6.07, 6.45) is 12.0. The third-order valence-electron chi connectivity index (χ3n) is 23.5. The number of allylic oxidation sites excluding steroid dienone is 2. The fraction of sp³-hybridized carbons (Fsp3) is 0.00877. The maximum absolute atomic E-state index is 5.29. The van der Waals surface area contributed by atoms with E-state index in [2.05, 4.69) is 429 Å². The maximum Gasteiger partial charge on any atom is 0.160 e. The van der Waals surface area contributed by atoms with Gasteiger partial charge >= 0.3 is 0 Å². The van der Waals surface area contributed by atoms with Crippen LogP contribution in [0.1, 0.15) is 11.6 Å². The highest BCUT2D eigenvalue weighted by atomic mass is 14.9. The number of aromatic nitrogens is 3. The van der Waals surface area contributed by atoms with Crippen molar-refractivity contribution in [3.05, 3.63) is 455 Å². The summed E-state index contributed by atoms with van der Waals surface area (Å²) in [5.41, 5.74) is 21.2. The number of nitrogens with one attached hydrogen (secondary N) is 1. The van der Waals surface area contributed by atoms with Gasteiger partial charge in [0.2, 0.25) is 0 Å². The second kappa shape index (κ2) is 30.8. The van der Waals surface area contributed by atoms with Gasteiger partial charge in [-0.1, -0.05) is 394 Å². The molecule has 0 aliphatic carbocycles. The van der Waals surface area contributed by atoms with E-state index >= 15 is 0 Å². The predicted octanol–water partition coefficient (Wildman–Crippen LogP) is 30.5. The Kier molecular flexibility index (Phi) is 18.4. The summed E-state index contributed by atoms with van der Waals surface area (Å²) < 4.78 is 0. The van der Waals surface area contributed by atoms with Gasteiger partial charge in [-0.15, -0.1) is 0 Å². The number of pyridine rings is 1. The first-order valence-corrected chi connectivity index (χ1v) is 40.5. The van der Waals surface area contributed by atoms with Gasteiger partial charge in [-0.05, 0) is 223 Å². The van der Waals surface area contributed by atoms with Crippen LogP contribution in [0.2, 0.25) is 0 Å². The van der Waals surface area contributed by atoms with Crippen molar-refractivity contribution in [2.24, 2.45) is 0 Å².